The molecule has 1 aliphatic rings. The first-order chi connectivity index (χ1) is 6.24. The molecular weight excluding hydrogens is 186 g/mol. The van der Waals surface area contributed by atoms with Crippen molar-refractivity contribution in [1.29, 1.82) is 0 Å². The van der Waals surface area contributed by atoms with E-state index in [0.29, 0.717) is 18.2 Å². The van der Waals surface area contributed by atoms with Gasteiger partial charge in [-0.25, -0.2) is 0 Å². The molecule has 0 spiro atoms. The SMILES string of the molecule is CC1CCCN(C(=O)CCCCl)C1. The molecule has 1 saturated heterocycles. The molecule has 1 atom stereocenters. The van der Waals surface area contributed by atoms with Gasteiger partial charge in [-0.1, -0.05) is 6.92 Å². The first-order valence-corrected chi connectivity index (χ1v) is 5.61. The minimum atomic E-state index is 0.284. The molecule has 0 aromatic rings. The van der Waals surface area contributed by atoms with Gasteiger partial charge in [-0.15, -0.1) is 11.6 Å². The Labute approximate surface area is 85.2 Å². The van der Waals surface area contributed by atoms with E-state index in [0.717, 1.165) is 25.9 Å². The first-order valence-electron chi connectivity index (χ1n) is 5.07. The zero-order valence-electron chi connectivity index (χ0n) is 8.26. The molecule has 1 unspecified atom stereocenters. The fourth-order valence-corrected chi connectivity index (χ4v) is 1.93. The molecule has 1 aliphatic heterocycles. The fourth-order valence-electron chi connectivity index (χ4n) is 1.79. The number of alkyl halides is 1. The van der Waals surface area contributed by atoms with E-state index in [1.165, 1.54) is 6.42 Å². The van der Waals surface area contributed by atoms with Crippen molar-refractivity contribution in [2.75, 3.05) is 19.0 Å². The highest BCUT2D eigenvalue weighted by molar-refractivity contribution is 6.17. The number of likely N-dealkylation sites (tertiary alicyclic amines) is 1. The van der Waals surface area contributed by atoms with Crippen molar-refractivity contribution in [2.24, 2.45) is 5.92 Å². The molecule has 0 aromatic heterocycles. The molecule has 1 heterocycles. The predicted octanol–water partition coefficient (Wildman–Crippen LogP) is 2.26. The number of carbonyl (C=O) groups is 1. The van der Waals surface area contributed by atoms with Crippen LogP contribution in [0.4, 0.5) is 0 Å². The van der Waals surface area contributed by atoms with Crippen molar-refractivity contribution in [3.8, 4) is 0 Å². The van der Waals surface area contributed by atoms with E-state index in [9.17, 15) is 4.79 Å². The van der Waals surface area contributed by atoms with Gasteiger partial charge in [0.05, 0.1) is 0 Å². The van der Waals surface area contributed by atoms with Crippen molar-refractivity contribution in [3.63, 3.8) is 0 Å². The van der Waals surface area contributed by atoms with Gasteiger partial charge in [-0.05, 0) is 25.2 Å². The maximum absolute atomic E-state index is 11.6. The number of halogens is 1. The lowest BCUT2D eigenvalue weighted by Crippen LogP contribution is -2.38. The molecule has 1 rings (SSSR count). The molecule has 0 radical (unpaired) electrons. The second kappa shape index (κ2) is 5.48. The standard InChI is InChI=1S/C10H18ClNO/c1-9-4-3-7-12(8-9)10(13)5-2-6-11/h9H,2-8H2,1H3. The summed E-state index contributed by atoms with van der Waals surface area (Å²) in [5.41, 5.74) is 0. The molecule has 1 amide bonds. The summed E-state index contributed by atoms with van der Waals surface area (Å²) in [6.07, 6.45) is 3.86. The summed E-state index contributed by atoms with van der Waals surface area (Å²) in [7, 11) is 0. The maximum Gasteiger partial charge on any atom is 0.222 e. The summed E-state index contributed by atoms with van der Waals surface area (Å²) < 4.78 is 0. The smallest absolute Gasteiger partial charge is 0.222 e. The fraction of sp³-hybridized carbons (Fsp3) is 0.900. The van der Waals surface area contributed by atoms with Crippen LogP contribution in [0.25, 0.3) is 0 Å². The zero-order chi connectivity index (χ0) is 9.68. The number of rotatable bonds is 3. The molecule has 0 saturated carbocycles. The number of amides is 1. The Morgan fingerprint density at radius 2 is 2.38 bits per heavy atom. The van der Waals surface area contributed by atoms with Gasteiger partial charge in [0.2, 0.25) is 5.91 Å². The molecule has 0 N–H and O–H groups in total. The third-order valence-corrected chi connectivity index (χ3v) is 2.80. The van der Waals surface area contributed by atoms with E-state index in [1.807, 2.05) is 4.90 Å². The van der Waals surface area contributed by atoms with Crippen molar-refractivity contribution in [1.82, 2.24) is 4.90 Å². The minimum Gasteiger partial charge on any atom is -0.342 e. The second-order valence-electron chi connectivity index (χ2n) is 3.88. The highest BCUT2D eigenvalue weighted by atomic mass is 35.5. The topological polar surface area (TPSA) is 20.3 Å². The summed E-state index contributed by atoms with van der Waals surface area (Å²) in [5.74, 6) is 1.55. The average molecular weight is 204 g/mol. The van der Waals surface area contributed by atoms with Crippen LogP contribution in [0.2, 0.25) is 0 Å². The number of hydrogen-bond donors (Lipinski definition) is 0. The van der Waals surface area contributed by atoms with Crippen LogP contribution in [-0.2, 0) is 4.79 Å². The molecule has 13 heavy (non-hydrogen) atoms. The van der Waals surface area contributed by atoms with E-state index in [4.69, 9.17) is 11.6 Å². The monoisotopic (exact) mass is 203 g/mol. The Bertz CT molecular complexity index is 172. The Kier molecular flexibility index (Phi) is 4.57. The quantitative estimate of drug-likeness (QED) is 0.645. The molecular formula is C10H18ClNO. The summed E-state index contributed by atoms with van der Waals surface area (Å²) in [6.45, 7) is 4.10. The van der Waals surface area contributed by atoms with Gasteiger partial charge in [0, 0.05) is 25.4 Å². The molecule has 1 fully saturated rings. The lowest BCUT2D eigenvalue weighted by Gasteiger charge is -2.30. The summed E-state index contributed by atoms with van der Waals surface area (Å²) in [6, 6.07) is 0. The van der Waals surface area contributed by atoms with Gasteiger partial charge < -0.3 is 4.90 Å². The zero-order valence-corrected chi connectivity index (χ0v) is 9.02. The largest absolute Gasteiger partial charge is 0.342 e. The predicted molar refractivity (Wildman–Crippen MR) is 54.9 cm³/mol. The number of nitrogens with zero attached hydrogens (tertiary/aromatic N) is 1. The lowest BCUT2D eigenvalue weighted by molar-refractivity contribution is -0.132. The van der Waals surface area contributed by atoms with Crippen molar-refractivity contribution < 1.29 is 4.79 Å². The Morgan fingerprint density at radius 1 is 1.62 bits per heavy atom. The molecule has 0 aromatic carbocycles. The van der Waals surface area contributed by atoms with Gasteiger partial charge in [0.25, 0.3) is 0 Å². The number of piperidine rings is 1. The van der Waals surface area contributed by atoms with Crippen LogP contribution in [0.3, 0.4) is 0 Å². The van der Waals surface area contributed by atoms with E-state index < -0.39 is 0 Å². The molecule has 0 aliphatic carbocycles. The van der Waals surface area contributed by atoms with E-state index in [-0.39, 0.29) is 5.91 Å². The van der Waals surface area contributed by atoms with E-state index in [1.54, 1.807) is 0 Å². The van der Waals surface area contributed by atoms with Crippen molar-refractivity contribution in [3.05, 3.63) is 0 Å². The lowest BCUT2D eigenvalue weighted by atomic mass is 10.00. The van der Waals surface area contributed by atoms with E-state index in [2.05, 4.69) is 6.92 Å². The molecule has 0 bridgehead atoms. The van der Waals surface area contributed by atoms with Crippen LogP contribution in [0, 0.1) is 5.92 Å². The Morgan fingerprint density at radius 3 is 3.00 bits per heavy atom. The average Bonchev–Trinajstić information content (AvgIpc) is 2.14. The van der Waals surface area contributed by atoms with E-state index >= 15 is 0 Å². The third kappa shape index (κ3) is 3.55. The van der Waals surface area contributed by atoms with Gasteiger partial charge >= 0.3 is 0 Å². The minimum absolute atomic E-state index is 0.284. The molecule has 3 heteroatoms. The molecule has 76 valence electrons. The summed E-state index contributed by atoms with van der Waals surface area (Å²) in [4.78, 5) is 13.6. The Hall–Kier alpha value is -0.240. The molecule has 2 nitrogen and oxygen atoms in total. The van der Waals surface area contributed by atoms with Gasteiger partial charge in [-0.2, -0.15) is 0 Å². The van der Waals surface area contributed by atoms with Crippen LogP contribution in [0.1, 0.15) is 32.6 Å². The van der Waals surface area contributed by atoms with Crippen LogP contribution in [0.15, 0.2) is 0 Å². The summed E-state index contributed by atoms with van der Waals surface area (Å²) in [5, 5.41) is 0. The van der Waals surface area contributed by atoms with Gasteiger partial charge in [0.1, 0.15) is 0 Å². The van der Waals surface area contributed by atoms with Crippen LogP contribution in [-0.4, -0.2) is 29.8 Å². The highest BCUT2D eigenvalue weighted by Gasteiger charge is 2.19. The van der Waals surface area contributed by atoms with Crippen LogP contribution >= 0.6 is 11.6 Å². The van der Waals surface area contributed by atoms with Crippen molar-refractivity contribution >= 4 is 17.5 Å². The number of hydrogen-bond acceptors (Lipinski definition) is 1. The third-order valence-electron chi connectivity index (χ3n) is 2.53. The second-order valence-corrected chi connectivity index (χ2v) is 4.26. The number of carbonyl (C=O) groups excluding carboxylic acids is 1. The summed E-state index contributed by atoms with van der Waals surface area (Å²) >= 11 is 5.54. The van der Waals surface area contributed by atoms with Gasteiger partial charge in [0.15, 0.2) is 0 Å². The maximum atomic E-state index is 11.6. The normalized spacial score (nSPS) is 23.2. The Balaban J connectivity index is 2.28. The van der Waals surface area contributed by atoms with Crippen molar-refractivity contribution in [2.45, 2.75) is 32.6 Å². The van der Waals surface area contributed by atoms with Crippen LogP contribution < -0.4 is 0 Å². The first kappa shape index (κ1) is 10.8. The highest BCUT2D eigenvalue weighted by Crippen LogP contribution is 2.16. The van der Waals surface area contributed by atoms with Gasteiger partial charge in [-0.3, -0.25) is 4.79 Å². The van der Waals surface area contributed by atoms with Crippen LogP contribution in [0.5, 0.6) is 0 Å².